The zero-order valence-corrected chi connectivity index (χ0v) is 8.31. The Hall–Kier alpha value is -1.22. The van der Waals surface area contributed by atoms with E-state index < -0.39 is 0 Å². The van der Waals surface area contributed by atoms with Crippen LogP contribution in [0.5, 0.6) is 0 Å². The van der Waals surface area contributed by atoms with Gasteiger partial charge in [0.05, 0.1) is 5.92 Å². The van der Waals surface area contributed by atoms with Crippen molar-refractivity contribution in [2.75, 3.05) is 20.1 Å². The second-order valence-corrected chi connectivity index (χ2v) is 3.82. The highest BCUT2D eigenvalue weighted by molar-refractivity contribution is 5.86. The van der Waals surface area contributed by atoms with Gasteiger partial charge in [0, 0.05) is 31.9 Å². The van der Waals surface area contributed by atoms with Crippen molar-refractivity contribution in [1.82, 2.24) is 9.88 Å². The first-order valence-corrected chi connectivity index (χ1v) is 4.88. The van der Waals surface area contributed by atoms with Gasteiger partial charge in [-0.15, -0.1) is 0 Å². The first-order chi connectivity index (χ1) is 6.77. The van der Waals surface area contributed by atoms with Crippen molar-refractivity contribution in [3.8, 4) is 0 Å². The van der Waals surface area contributed by atoms with E-state index in [-0.39, 0.29) is 5.92 Å². The van der Waals surface area contributed by atoms with E-state index in [0.717, 1.165) is 18.7 Å². The molecule has 1 aliphatic heterocycles. The summed E-state index contributed by atoms with van der Waals surface area (Å²) in [4.78, 5) is 17.9. The monoisotopic (exact) mass is 190 g/mol. The van der Waals surface area contributed by atoms with Crippen LogP contribution < -0.4 is 0 Å². The van der Waals surface area contributed by atoms with Crippen LogP contribution >= 0.6 is 0 Å². The first-order valence-electron chi connectivity index (χ1n) is 4.88. The molecule has 2 heterocycles. The van der Waals surface area contributed by atoms with E-state index in [1.165, 1.54) is 0 Å². The summed E-state index contributed by atoms with van der Waals surface area (Å²) < 4.78 is 0. The molecule has 1 fully saturated rings. The Morgan fingerprint density at radius 3 is 3.14 bits per heavy atom. The van der Waals surface area contributed by atoms with Gasteiger partial charge in [-0.3, -0.25) is 9.78 Å². The van der Waals surface area contributed by atoms with Crippen LogP contribution in [0, 0.1) is 0 Å². The number of hydrogen-bond acceptors (Lipinski definition) is 3. The summed E-state index contributed by atoms with van der Waals surface area (Å²) >= 11 is 0. The number of Topliss-reactive ketones (excluding diaryl/α,β-unsaturated/α-hetero) is 1. The van der Waals surface area contributed by atoms with E-state index in [2.05, 4.69) is 16.9 Å². The fourth-order valence-corrected chi connectivity index (χ4v) is 1.85. The molecule has 3 nitrogen and oxygen atoms in total. The molecule has 1 aliphatic rings. The van der Waals surface area contributed by atoms with Crippen molar-refractivity contribution in [2.45, 2.75) is 12.3 Å². The van der Waals surface area contributed by atoms with Crippen molar-refractivity contribution >= 4 is 5.78 Å². The quantitative estimate of drug-likeness (QED) is 0.664. The summed E-state index contributed by atoms with van der Waals surface area (Å²) in [7, 11) is 2.05. The standard InChI is InChI=1S/C11H14N2O/c1-13-6-4-11(14)10(8-13)9-3-2-5-12-7-9/h2-3,5,7,10H,4,6,8H2,1H3. The van der Waals surface area contributed by atoms with Crippen LogP contribution in [0.2, 0.25) is 0 Å². The lowest BCUT2D eigenvalue weighted by Gasteiger charge is -2.28. The Balaban J connectivity index is 2.20. The molecule has 0 N–H and O–H groups in total. The summed E-state index contributed by atoms with van der Waals surface area (Å²) in [6, 6.07) is 3.87. The molecule has 1 aromatic heterocycles. The van der Waals surface area contributed by atoms with Gasteiger partial charge in [-0.05, 0) is 18.7 Å². The average molecular weight is 190 g/mol. The minimum absolute atomic E-state index is 0.0300. The molecule has 74 valence electrons. The highest BCUT2D eigenvalue weighted by atomic mass is 16.1. The van der Waals surface area contributed by atoms with E-state index in [4.69, 9.17) is 0 Å². The first kappa shape index (κ1) is 9.34. The zero-order chi connectivity index (χ0) is 9.97. The van der Waals surface area contributed by atoms with Crippen LogP contribution in [0.4, 0.5) is 0 Å². The number of aromatic nitrogens is 1. The van der Waals surface area contributed by atoms with Gasteiger partial charge in [-0.2, -0.15) is 0 Å². The van der Waals surface area contributed by atoms with Gasteiger partial charge in [0.1, 0.15) is 5.78 Å². The normalized spacial score (nSPS) is 23.8. The van der Waals surface area contributed by atoms with E-state index in [0.29, 0.717) is 12.2 Å². The fraction of sp³-hybridized carbons (Fsp3) is 0.455. The third-order valence-corrected chi connectivity index (χ3v) is 2.71. The average Bonchev–Trinajstić information content (AvgIpc) is 2.23. The molecule has 0 spiro atoms. The molecule has 0 bridgehead atoms. The molecule has 1 aromatic rings. The van der Waals surface area contributed by atoms with Crippen LogP contribution in [0.15, 0.2) is 24.5 Å². The third-order valence-electron chi connectivity index (χ3n) is 2.71. The molecule has 0 aromatic carbocycles. The predicted molar refractivity (Wildman–Crippen MR) is 54.1 cm³/mol. The van der Waals surface area contributed by atoms with Gasteiger partial charge in [0.25, 0.3) is 0 Å². The van der Waals surface area contributed by atoms with Crippen LogP contribution in [0.1, 0.15) is 17.9 Å². The van der Waals surface area contributed by atoms with Crippen LogP contribution in [-0.4, -0.2) is 35.8 Å². The maximum Gasteiger partial charge on any atom is 0.142 e. The Bertz CT molecular complexity index is 323. The Morgan fingerprint density at radius 2 is 2.43 bits per heavy atom. The van der Waals surface area contributed by atoms with E-state index >= 15 is 0 Å². The number of hydrogen-bond donors (Lipinski definition) is 0. The molecule has 0 amide bonds. The number of piperidine rings is 1. The molecule has 3 heteroatoms. The minimum Gasteiger partial charge on any atom is -0.305 e. The topological polar surface area (TPSA) is 33.2 Å². The maximum absolute atomic E-state index is 11.7. The molecular formula is C11H14N2O. The Morgan fingerprint density at radius 1 is 1.57 bits per heavy atom. The molecule has 0 saturated carbocycles. The van der Waals surface area contributed by atoms with Crippen LogP contribution in [0.3, 0.4) is 0 Å². The highest BCUT2D eigenvalue weighted by Gasteiger charge is 2.26. The number of likely N-dealkylation sites (N-methyl/N-ethyl adjacent to an activating group) is 1. The largest absolute Gasteiger partial charge is 0.305 e. The number of ketones is 1. The number of likely N-dealkylation sites (tertiary alicyclic amines) is 1. The second-order valence-electron chi connectivity index (χ2n) is 3.82. The van der Waals surface area contributed by atoms with Gasteiger partial charge in [0.15, 0.2) is 0 Å². The molecule has 1 atom stereocenters. The fourth-order valence-electron chi connectivity index (χ4n) is 1.85. The maximum atomic E-state index is 11.7. The molecule has 1 saturated heterocycles. The third kappa shape index (κ3) is 1.82. The van der Waals surface area contributed by atoms with Crippen LogP contribution in [-0.2, 0) is 4.79 Å². The summed E-state index contributed by atoms with van der Waals surface area (Å²) in [5.74, 6) is 0.374. The van der Waals surface area contributed by atoms with Gasteiger partial charge >= 0.3 is 0 Å². The lowest BCUT2D eigenvalue weighted by molar-refractivity contribution is -0.123. The zero-order valence-electron chi connectivity index (χ0n) is 8.31. The van der Waals surface area contributed by atoms with Crippen molar-refractivity contribution in [2.24, 2.45) is 0 Å². The summed E-state index contributed by atoms with van der Waals surface area (Å²) in [5.41, 5.74) is 1.05. The number of carbonyl (C=O) groups excluding carboxylic acids is 1. The SMILES string of the molecule is CN1CCC(=O)C(c2cccnc2)C1. The van der Waals surface area contributed by atoms with E-state index in [9.17, 15) is 4.79 Å². The number of pyridine rings is 1. The van der Waals surface area contributed by atoms with Gasteiger partial charge in [0.2, 0.25) is 0 Å². The molecule has 1 unspecified atom stereocenters. The number of nitrogens with zero attached hydrogens (tertiary/aromatic N) is 2. The lowest BCUT2D eigenvalue weighted by Crippen LogP contribution is -2.36. The molecule has 0 aliphatic carbocycles. The van der Waals surface area contributed by atoms with Gasteiger partial charge in [-0.25, -0.2) is 0 Å². The predicted octanol–water partition coefficient (Wildman–Crippen LogP) is 1.07. The summed E-state index contributed by atoms with van der Waals surface area (Å²) in [6.45, 7) is 1.71. The lowest BCUT2D eigenvalue weighted by atomic mass is 9.91. The Kier molecular flexibility index (Phi) is 2.59. The van der Waals surface area contributed by atoms with Gasteiger partial charge in [-0.1, -0.05) is 6.07 Å². The van der Waals surface area contributed by atoms with Gasteiger partial charge < -0.3 is 4.90 Å². The smallest absolute Gasteiger partial charge is 0.142 e. The van der Waals surface area contributed by atoms with Crippen LogP contribution in [0.25, 0.3) is 0 Å². The molecule has 0 radical (unpaired) electrons. The van der Waals surface area contributed by atoms with Crippen molar-refractivity contribution in [3.63, 3.8) is 0 Å². The second kappa shape index (κ2) is 3.88. The van der Waals surface area contributed by atoms with Crippen molar-refractivity contribution in [3.05, 3.63) is 30.1 Å². The summed E-state index contributed by atoms with van der Waals surface area (Å²) in [5, 5.41) is 0. The van der Waals surface area contributed by atoms with Crippen molar-refractivity contribution in [1.29, 1.82) is 0 Å². The number of rotatable bonds is 1. The highest BCUT2D eigenvalue weighted by Crippen LogP contribution is 2.22. The summed E-state index contributed by atoms with van der Waals surface area (Å²) in [6.07, 6.45) is 4.19. The molecule has 2 rings (SSSR count). The Labute approximate surface area is 83.8 Å². The van der Waals surface area contributed by atoms with E-state index in [1.807, 2.05) is 12.1 Å². The van der Waals surface area contributed by atoms with Crippen molar-refractivity contribution < 1.29 is 4.79 Å². The minimum atomic E-state index is 0.0300. The molecule has 14 heavy (non-hydrogen) atoms. The molecular weight excluding hydrogens is 176 g/mol. The number of carbonyl (C=O) groups is 1. The van der Waals surface area contributed by atoms with E-state index in [1.54, 1.807) is 12.4 Å².